The van der Waals surface area contributed by atoms with Gasteiger partial charge in [-0.1, -0.05) is 32.0 Å². The Hall–Kier alpha value is -2.91. The van der Waals surface area contributed by atoms with Gasteiger partial charge in [-0.25, -0.2) is 4.79 Å². The first kappa shape index (κ1) is 22.4. The van der Waals surface area contributed by atoms with Crippen molar-refractivity contribution >= 4 is 28.7 Å². The summed E-state index contributed by atoms with van der Waals surface area (Å²) >= 11 is 0. The van der Waals surface area contributed by atoms with Gasteiger partial charge in [0.1, 0.15) is 6.04 Å². The molecule has 0 saturated carbocycles. The number of nitrogens with two attached hydrogens (primary N) is 1. The number of carbonyl (C=O) groups is 3. The number of hydrogen-bond donors (Lipinski definition) is 6. The Bertz CT molecular complexity index is 877. The van der Waals surface area contributed by atoms with Gasteiger partial charge in [0.15, 0.2) is 6.04 Å². The quantitative estimate of drug-likeness (QED) is 0.349. The van der Waals surface area contributed by atoms with Crippen LogP contribution >= 0.6 is 0 Å². The molecule has 29 heavy (non-hydrogen) atoms. The smallest absolute Gasteiger partial charge is 0.328 e. The molecule has 0 fully saturated rings. The van der Waals surface area contributed by atoms with Gasteiger partial charge in [-0.15, -0.1) is 0 Å². The minimum Gasteiger partial charge on any atom is -0.480 e. The van der Waals surface area contributed by atoms with E-state index in [2.05, 4.69) is 15.6 Å². The summed E-state index contributed by atoms with van der Waals surface area (Å²) in [5.74, 6) is -2.89. The molecule has 0 saturated heterocycles. The molecule has 2 aromatic rings. The SMILES string of the molecule is CC(C)C(NC(=O)C(N)Cc1c[nH]c2ccccc12)C(=O)NC(C(=O)O)C(C)O. The molecule has 1 aromatic heterocycles. The van der Waals surface area contributed by atoms with Crippen LogP contribution in [0.15, 0.2) is 30.5 Å². The number of rotatable bonds is 9. The lowest BCUT2D eigenvalue weighted by Crippen LogP contribution is -2.58. The van der Waals surface area contributed by atoms with Gasteiger partial charge in [-0.05, 0) is 30.9 Å². The van der Waals surface area contributed by atoms with Crippen LogP contribution in [0.2, 0.25) is 0 Å². The summed E-state index contributed by atoms with van der Waals surface area (Å²) in [5, 5.41) is 24.5. The molecule has 2 rings (SSSR count). The second-order valence-electron chi connectivity index (χ2n) is 7.47. The van der Waals surface area contributed by atoms with Crippen molar-refractivity contribution in [3.63, 3.8) is 0 Å². The molecule has 7 N–H and O–H groups in total. The lowest BCUT2D eigenvalue weighted by Gasteiger charge is -2.26. The number of fused-ring (bicyclic) bond motifs is 1. The summed E-state index contributed by atoms with van der Waals surface area (Å²) in [7, 11) is 0. The number of aliphatic hydroxyl groups excluding tert-OH is 1. The Morgan fingerprint density at radius 2 is 1.69 bits per heavy atom. The Balaban J connectivity index is 2.06. The van der Waals surface area contributed by atoms with E-state index in [1.165, 1.54) is 6.92 Å². The predicted molar refractivity (Wildman–Crippen MR) is 108 cm³/mol. The monoisotopic (exact) mass is 404 g/mol. The van der Waals surface area contributed by atoms with Crippen LogP contribution in [0.5, 0.6) is 0 Å². The van der Waals surface area contributed by atoms with E-state index >= 15 is 0 Å². The fourth-order valence-corrected chi connectivity index (χ4v) is 3.06. The van der Waals surface area contributed by atoms with E-state index in [1.807, 2.05) is 24.3 Å². The highest BCUT2D eigenvalue weighted by molar-refractivity contribution is 5.92. The van der Waals surface area contributed by atoms with Crippen molar-refractivity contribution in [2.75, 3.05) is 0 Å². The summed E-state index contributed by atoms with van der Waals surface area (Å²) in [6.45, 7) is 4.70. The van der Waals surface area contributed by atoms with Crippen LogP contribution in [0.3, 0.4) is 0 Å². The summed E-state index contributed by atoms with van der Waals surface area (Å²) in [5.41, 5.74) is 7.87. The van der Waals surface area contributed by atoms with Crippen molar-refractivity contribution in [1.29, 1.82) is 0 Å². The predicted octanol–water partition coefficient (Wildman–Crippen LogP) is 0.129. The van der Waals surface area contributed by atoms with Crippen LogP contribution in [0, 0.1) is 5.92 Å². The van der Waals surface area contributed by atoms with Gasteiger partial charge in [-0.3, -0.25) is 9.59 Å². The highest BCUT2D eigenvalue weighted by Crippen LogP contribution is 2.18. The van der Waals surface area contributed by atoms with E-state index in [1.54, 1.807) is 20.0 Å². The van der Waals surface area contributed by atoms with Gasteiger partial charge in [0.25, 0.3) is 0 Å². The number of aliphatic carboxylic acids is 1. The second kappa shape index (κ2) is 9.53. The number of para-hydroxylation sites is 1. The maximum atomic E-state index is 12.6. The van der Waals surface area contributed by atoms with Crippen LogP contribution < -0.4 is 16.4 Å². The van der Waals surface area contributed by atoms with Crippen molar-refractivity contribution in [3.8, 4) is 0 Å². The summed E-state index contributed by atoms with van der Waals surface area (Å²) < 4.78 is 0. The Morgan fingerprint density at radius 1 is 1.07 bits per heavy atom. The lowest BCUT2D eigenvalue weighted by atomic mass is 10.0. The number of hydrogen-bond acceptors (Lipinski definition) is 5. The average Bonchev–Trinajstić information content (AvgIpc) is 3.05. The molecule has 0 bridgehead atoms. The molecule has 1 aromatic carbocycles. The van der Waals surface area contributed by atoms with Gasteiger partial charge in [0.05, 0.1) is 12.1 Å². The van der Waals surface area contributed by atoms with Crippen LogP contribution in [0.1, 0.15) is 26.3 Å². The molecule has 9 nitrogen and oxygen atoms in total. The second-order valence-corrected chi connectivity index (χ2v) is 7.47. The molecule has 1 heterocycles. The number of H-pyrrole nitrogens is 1. The first-order chi connectivity index (χ1) is 13.6. The molecule has 0 aliphatic carbocycles. The minimum absolute atomic E-state index is 0.272. The van der Waals surface area contributed by atoms with Crippen LogP contribution in [0.4, 0.5) is 0 Å². The fraction of sp³-hybridized carbons (Fsp3) is 0.450. The zero-order chi connectivity index (χ0) is 21.7. The largest absolute Gasteiger partial charge is 0.480 e. The molecule has 0 radical (unpaired) electrons. The van der Waals surface area contributed by atoms with Crippen molar-refractivity contribution in [1.82, 2.24) is 15.6 Å². The third-order valence-electron chi connectivity index (χ3n) is 4.74. The van der Waals surface area contributed by atoms with Crippen molar-refractivity contribution < 1.29 is 24.6 Å². The number of benzene rings is 1. The zero-order valence-corrected chi connectivity index (χ0v) is 16.7. The number of aromatic amines is 1. The minimum atomic E-state index is -1.47. The maximum absolute atomic E-state index is 12.6. The molecule has 158 valence electrons. The van der Waals surface area contributed by atoms with Crippen LogP contribution in [-0.2, 0) is 20.8 Å². The van der Waals surface area contributed by atoms with Crippen LogP contribution in [-0.4, -0.2) is 57.2 Å². The van der Waals surface area contributed by atoms with Gasteiger partial charge in [0.2, 0.25) is 11.8 Å². The maximum Gasteiger partial charge on any atom is 0.328 e. The number of aromatic nitrogens is 1. The summed E-state index contributed by atoms with van der Waals surface area (Å²) in [6, 6.07) is 4.29. The van der Waals surface area contributed by atoms with Crippen LogP contribution in [0.25, 0.3) is 10.9 Å². The van der Waals surface area contributed by atoms with E-state index < -0.39 is 42.0 Å². The van der Waals surface area contributed by atoms with Gasteiger partial charge in [0, 0.05) is 17.1 Å². The van der Waals surface area contributed by atoms with E-state index in [0.717, 1.165) is 16.5 Å². The third-order valence-corrected chi connectivity index (χ3v) is 4.74. The third kappa shape index (κ3) is 5.55. The average molecular weight is 404 g/mol. The van der Waals surface area contributed by atoms with E-state index in [-0.39, 0.29) is 12.3 Å². The first-order valence-electron chi connectivity index (χ1n) is 9.44. The van der Waals surface area contributed by atoms with Gasteiger partial charge < -0.3 is 31.6 Å². The van der Waals surface area contributed by atoms with Gasteiger partial charge >= 0.3 is 5.97 Å². The van der Waals surface area contributed by atoms with Gasteiger partial charge in [-0.2, -0.15) is 0 Å². The van der Waals surface area contributed by atoms with E-state index in [9.17, 15) is 19.5 Å². The molecule has 4 atom stereocenters. The van der Waals surface area contributed by atoms with E-state index in [4.69, 9.17) is 10.8 Å². The normalized spacial score (nSPS) is 15.5. The topological polar surface area (TPSA) is 158 Å². The van der Waals surface area contributed by atoms with Crippen molar-refractivity contribution in [2.45, 2.75) is 51.4 Å². The fourth-order valence-electron chi connectivity index (χ4n) is 3.06. The molecular weight excluding hydrogens is 376 g/mol. The Morgan fingerprint density at radius 3 is 2.28 bits per heavy atom. The molecular formula is C20H28N4O5. The van der Waals surface area contributed by atoms with Crippen molar-refractivity contribution in [2.24, 2.45) is 11.7 Å². The van der Waals surface area contributed by atoms with E-state index in [0.29, 0.717) is 0 Å². The summed E-state index contributed by atoms with van der Waals surface area (Å²) in [4.78, 5) is 39.4. The molecule has 0 spiro atoms. The molecule has 4 unspecified atom stereocenters. The number of carbonyl (C=O) groups excluding carboxylic acids is 2. The molecule has 2 amide bonds. The highest BCUT2D eigenvalue weighted by Gasteiger charge is 2.32. The molecule has 0 aliphatic rings. The molecule has 9 heteroatoms. The Kier molecular flexibility index (Phi) is 7.35. The number of nitrogens with one attached hydrogen (secondary N) is 3. The number of carboxylic acid groups (broad SMARTS) is 1. The van der Waals surface area contributed by atoms with Crippen molar-refractivity contribution in [3.05, 3.63) is 36.0 Å². The Labute approximate surface area is 168 Å². The highest BCUT2D eigenvalue weighted by atomic mass is 16.4. The molecule has 0 aliphatic heterocycles. The lowest BCUT2D eigenvalue weighted by molar-refractivity contribution is -0.145. The number of carboxylic acids is 1. The number of amides is 2. The summed E-state index contributed by atoms with van der Waals surface area (Å²) in [6.07, 6.45) is 0.780. The zero-order valence-electron chi connectivity index (χ0n) is 16.7. The standard InChI is InChI=1S/C20H28N4O5/c1-10(2)16(19(27)24-17(11(3)25)20(28)29)23-18(26)14(21)8-12-9-22-15-7-5-4-6-13(12)15/h4-7,9-11,14,16-17,22,25H,8,21H2,1-3H3,(H,23,26)(H,24,27)(H,28,29). The first-order valence-corrected chi connectivity index (χ1v) is 9.44. The number of aliphatic hydroxyl groups is 1.